The Morgan fingerprint density at radius 1 is 0.966 bits per heavy atom. The van der Waals surface area contributed by atoms with Crippen LogP contribution >= 0.6 is 0 Å². The highest BCUT2D eigenvalue weighted by Gasteiger charge is 2.38. The lowest BCUT2D eigenvalue weighted by atomic mass is 9.96. The monoisotopic (exact) mass is 395 g/mol. The van der Waals surface area contributed by atoms with Crippen LogP contribution in [0.4, 0.5) is 13.2 Å². The van der Waals surface area contributed by atoms with Gasteiger partial charge in [-0.05, 0) is 29.8 Å². The Balaban J connectivity index is 1.78. The molecule has 0 N–H and O–H groups in total. The Bertz CT molecular complexity index is 1050. The van der Waals surface area contributed by atoms with Crippen molar-refractivity contribution in [3.63, 3.8) is 0 Å². The van der Waals surface area contributed by atoms with Crippen LogP contribution in [-0.2, 0) is 6.18 Å². The number of hydrazone groups is 1. The van der Waals surface area contributed by atoms with Crippen LogP contribution in [0.3, 0.4) is 0 Å². The summed E-state index contributed by atoms with van der Waals surface area (Å²) in [5, 5.41) is 5.60. The first-order valence-corrected chi connectivity index (χ1v) is 8.98. The van der Waals surface area contributed by atoms with Crippen molar-refractivity contribution in [2.45, 2.75) is 18.6 Å². The predicted octanol–water partition coefficient (Wildman–Crippen LogP) is 5.09. The maximum absolute atomic E-state index is 13.5. The number of nitrogens with zero attached hydrogens (tertiary/aromatic N) is 3. The minimum Gasteiger partial charge on any atom is -0.267 e. The van der Waals surface area contributed by atoms with E-state index in [1.165, 1.54) is 23.2 Å². The van der Waals surface area contributed by atoms with E-state index in [-0.39, 0.29) is 23.6 Å². The van der Waals surface area contributed by atoms with Gasteiger partial charge in [0.2, 0.25) is 0 Å². The highest BCUT2D eigenvalue weighted by molar-refractivity contribution is 6.06. The molecule has 4 nitrogen and oxygen atoms in total. The average Bonchev–Trinajstić information content (AvgIpc) is 3.19. The number of alkyl halides is 3. The molecule has 0 bridgehead atoms. The number of amides is 1. The molecule has 1 aliphatic rings. The lowest BCUT2D eigenvalue weighted by molar-refractivity contribution is -0.137. The average molecular weight is 395 g/mol. The zero-order valence-corrected chi connectivity index (χ0v) is 15.2. The number of carbonyl (C=O) groups is 1. The molecular weight excluding hydrogens is 379 g/mol. The molecule has 0 radical (unpaired) electrons. The topological polar surface area (TPSA) is 45.6 Å². The molecule has 1 unspecified atom stereocenters. The molecule has 2 heterocycles. The van der Waals surface area contributed by atoms with Crippen LogP contribution < -0.4 is 0 Å². The fourth-order valence-electron chi connectivity index (χ4n) is 3.39. The number of aromatic nitrogens is 1. The number of pyridine rings is 1. The molecule has 0 saturated heterocycles. The molecule has 0 fully saturated rings. The quantitative estimate of drug-likeness (QED) is 0.620. The summed E-state index contributed by atoms with van der Waals surface area (Å²) in [6.45, 7) is 0. The Morgan fingerprint density at radius 2 is 1.69 bits per heavy atom. The van der Waals surface area contributed by atoms with Crippen LogP contribution in [0.2, 0.25) is 0 Å². The first-order chi connectivity index (χ1) is 13.9. The summed E-state index contributed by atoms with van der Waals surface area (Å²) in [7, 11) is 0. The largest absolute Gasteiger partial charge is 0.417 e. The first-order valence-electron chi connectivity index (χ1n) is 8.98. The third-order valence-electron chi connectivity index (χ3n) is 4.75. The Kier molecular flexibility index (Phi) is 4.88. The molecule has 0 aliphatic carbocycles. The summed E-state index contributed by atoms with van der Waals surface area (Å²) in [4.78, 5) is 17.1. The molecular formula is C22H16F3N3O. The van der Waals surface area contributed by atoms with Gasteiger partial charge in [0.05, 0.1) is 17.3 Å². The molecule has 0 saturated carbocycles. The van der Waals surface area contributed by atoms with Gasteiger partial charge in [-0.25, -0.2) is 5.01 Å². The molecule has 1 amide bonds. The van der Waals surface area contributed by atoms with Crippen LogP contribution in [0.1, 0.15) is 39.5 Å². The third-order valence-corrected chi connectivity index (χ3v) is 4.75. The minimum atomic E-state index is -4.51. The van der Waals surface area contributed by atoms with E-state index in [9.17, 15) is 18.0 Å². The number of carbonyl (C=O) groups excluding carboxylic acids is 1. The molecule has 3 aromatic rings. The fourth-order valence-corrected chi connectivity index (χ4v) is 3.39. The van der Waals surface area contributed by atoms with Crippen molar-refractivity contribution in [3.05, 3.63) is 101 Å². The zero-order valence-electron chi connectivity index (χ0n) is 15.2. The fraction of sp³-hybridized carbons (Fsp3) is 0.136. The number of hydrogen-bond acceptors (Lipinski definition) is 3. The molecule has 1 atom stereocenters. The summed E-state index contributed by atoms with van der Waals surface area (Å²) in [6.07, 6.45) is -1.15. The summed E-state index contributed by atoms with van der Waals surface area (Å²) >= 11 is 0. The van der Waals surface area contributed by atoms with Gasteiger partial charge in [0.1, 0.15) is 0 Å². The van der Waals surface area contributed by atoms with Gasteiger partial charge in [0.25, 0.3) is 5.91 Å². The van der Waals surface area contributed by atoms with Crippen LogP contribution in [0, 0.1) is 0 Å². The van der Waals surface area contributed by atoms with Gasteiger partial charge in [0, 0.05) is 29.9 Å². The molecule has 1 aromatic heterocycles. The maximum Gasteiger partial charge on any atom is 0.417 e. The van der Waals surface area contributed by atoms with Crippen molar-refractivity contribution >= 4 is 11.6 Å². The smallest absolute Gasteiger partial charge is 0.267 e. The molecule has 4 rings (SSSR count). The van der Waals surface area contributed by atoms with Gasteiger partial charge in [-0.3, -0.25) is 9.78 Å². The molecule has 0 spiro atoms. The van der Waals surface area contributed by atoms with E-state index in [0.717, 1.165) is 6.07 Å². The lowest BCUT2D eigenvalue weighted by Gasteiger charge is -2.21. The van der Waals surface area contributed by atoms with Crippen molar-refractivity contribution in [1.29, 1.82) is 0 Å². The van der Waals surface area contributed by atoms with E-state index in [4.69, 9.17) is 0 Å². The summed E-state index contributed by atoms with van der Waals surface area (Å²) < 4.78 is 40.5. The standard InChI is InChI=1S/C22H16F3N3O/c23-22(24,25)18-11-5-4-10-17(18)19-13-20(16-9-6-12-26-14-16)28(27-19)21(29)15-7-2-1-3-8-15/h1-12,14,20H,13H2. The minimum absolute atomic E-state index is 0.0164. The van der Waals surface area contributed by atoms with Crippen molar-refractivity contribution in [1.82, 2.24) is 9.99 Å². The molecule has 146 valence electrons. The van der Waals surface area contributed by atoms with Crippen molar-refractivity contribution in [2.24, 2.45) is 5.10 Å². The van der Waals surface area contributed by atoms with Crippen molar-refractivity contribution in [3.8, 4) is 0 Å². The lowest BCUT2D eigenvalue weighted by Crippen LogP contribution is -2.27. The van der Waals surface area contributed by atoms with Crippen LogP contribution in [0.15, 0.2) is 84.2 Å². The zero-order chi connectivity index (χ0) is 20.4. The van der Waals surface area contributed by atoms with E-state index < -0.39 is 17.8 Å². The van der Waals surface area contributed by atoms with Gasteiger partial charge >= 0.3 is 6.18 Å². The van der Waals surface area contributed by atoms with E-state index >= 15 is 0 Å². The van der Waals surface area contributed by atoms with E-state index in [2.05, 4.69) is 10.1 Å². The summed E-state index contributed by atoms with van der Waals surface area (Å²) in [5.41, 5.74) is 0.557. The molecule has 7 heteroatoms. The highest BCUT2D eigenvalue weighted by Crippen LogP contribution is 2.38. The second-order valence-corrected chi connectivity index (χ2v) is 6.61. The third kappa shape index (κ3) is 3.76. The second kappa shape index (κ2) is 7.50. The van der Waals surface area contributed by atoms with Gasteiger partial charge in [-0.2, -0.15) is 18.3 Å². The summed E-state index contributed by atoms with van der Waals surface area (Å²) in [6, 6.07) is 16.8. The van der Waals surface area contributed by atoms with Crippen LogP contribution in [-0.4, -0.2) is 21.6 Å². The van der Waals surface area contributed by atoms with Gasteiger partial charge in [-0.15, -0.1) is 0 Å². The van der Waals surface area contributed by atoms with E-state index in [0.29, 0.717) is 11.1 Å². The number of halogens is 3. The molecule has 29 heavy (non-hydrogen) atoms. The van der Waals surface area contributed by atoms with Gasteiger partial charge in [0.15, 0.2) is 0 Å². The first kappa shape index (κ1) is 18.9. The molecule has 2 aromatic carbocycles. The normalized spacial score (nSPS) is 16.6. The SMILES string of the molecule is O=C(c1ccccc1)N1N=C(c2ccccc2C(F)(F)F)CC1c1cccnc1. The van der Waals surface area contributed by atoms with Gasteiger partial charge < -0.3 is 0 Å². The number of hydrogen-bond donors (Lipinski definition) is 0. The molecule has 1 aliphatic heterocycles. The Labute approximate surface area is 165 Å². The van der Waals surface area contributed by atoms with E-state index in [1.54, 1.807) is 54.9 Å². The summed E-state index contributed by atoms with van der Waals surface area (Å²) in [5.74, 6) is -0.376. The van der Waals surface area contributed by atoms with E-state index in [1.807, 2.05) is 0 Å². The Hall–Kier alpha value is -3.48. The van der Waals surface area contributed by atoms with Crippen LogP contribution in [0.5, 0.6) is 0 Å². The maximum atomic E-state index is 13.5. The van der Waals surface area contributed by atoms with Gasteiger partial charge in [-0.1, -0.05) is 42.5 Å². The predicted molar refractivity (Wildman–Crippen MR) is 102 cm³/mol. The second-order valence-electron chi connectivity index (χ2n) is 6.61. The number of benzene rings is 2. The van der Waals surface area contributed by atoms with Crippen molar-refractivity contribution < 1.29 is 18.0 Å². The van der Waals surface area contributed by atoms with Crippen LogP contribution in [0.25, 0.3) is 0 Å². The number of rotatable bonds is 3. The Morgan fingerprint density at radius 3 is 2.38 bits per heavy atom. The van der Waals surface area contributed by atoms with Crippen molar-refractivity contribution in [2.75, 3.05) is 0 Å². The highest BCUT2D eigenvalue weighted by atomic mass is 19.4.